The van der Waals surface area contributed by atoms with Gasteiger partial charge in [-0.1, -0.05) is 26.0 Å². The first-order valence-corrected chi connectivity index (χ1v) is 8.88. The number of hydrogen-bond donors (Lipinski definition) is 1. The highest BCUT2D eigenvalue weighted by atomic mass is 16.6. The lowest BCUT2D eigenvalue weighted by atomic mass is 10.0. The normalized spacial score (nSPS) is 10.9. The van der Waals surface area contributed by atoms with Crippen LogP contribution in [-0.2, 0) is 0 Å². The fourth-order valence-corrected chi connectivity index (χ4v) is 2.49. The van der Waals surface area contributed by atoms with E-state index in [1.54, 1.807) is 24.3 Å². The van der Waals surface area contributed by atoms with Crippen LogP contribution < -0.4 is 10.1 Å². The van der Waals surface area contributed by atoms with Gasteiger partial charge in [0.2, 0.25) is 5.82 Å². The quantitative estimate of drug-likeness (QED) is 0.688. The molecular formula is C21H23N3O3. The lowest BCUT2D eigenvalue weighted by Gasteiger charge is -2.09. The van der Waals surface area contributed by atoms with Crippen molar-refractivity contribution in [2.24, 2.45) is 5.92 Å². The number of aromatic nitrogens is 2. The van der Waals surface area contributed by atoms with Gasteiger partial charge in [0.1, 0.15) is 5.75 Å². The second-order valence-corrected chi connectivity index (χ2v) is 6.94. The lowest BCUT2D eigenvalue weighted by molar-refractivity contribution is 0.102. The van der Waals surface area contributed by atoms with Crippen LogP contribution in [0, 0.1) is 19.8 Å². The third-order valence-electron chi connectivity index (χ3n) is 4.20. The maximum Gasteiger partial charge on any atom is 0.256 e. The summed E-state index contributed by atoms with van der Waals surface area (Å²) in [6.07, 6.45) is 0. The first-order chi connectivity index (χ1) is 12.9. The average molecular weight is 365 g/mol. The van der Waals surface area contributed by atoms with Gasteiger partial charge in [0.25, 0.3) is 5.91 Å². The lowest BCUT2D eigenvalue weighted by Crippen LogP contribution is -2.13. The van der Waals surface area contributed by atoms with Crippen molar-refractivity contribution >= 4 is 11.7 Å². The SMILES string of the molecule is Cc1ccc(-c2nonc2NC(=O)c2ccc(OCC(C)C)cc2)cc1C. The van der Waals surface area contributed by atoms with E-state index in [-0.39, 0.29) is 5.91 Å². The van der Waals surface area contributed by atoms with Crippen molar-refractivity contribution in [3.63, 3.8) is 0 Å². The molecule has 0 bridgehead atoms. The summed E-state index contributed by atoms with van der Waals surface area (Å²) < 4.78 is 10.5. The fourth-order valence-electron chi connectivity index (χ4n) is 2.49. The second kappa shape index (κ2) is 8.03. The van der Waals surface area contributed by atoms with E-state index in [4.69, 9.17) is 9.37 Å². The molecule has 1 heterocycles. The van der Waals surface area contributed by atoms with Crippen LogP contribution in [-0.4, -0.2) is 22.8 Å². The summed E-state index contributed by atoms with van der Waals surface area (Å²) in [6.45, 7) is 8.86. The highest BCUT2D eigenvalue weighted by molar-refractivity contribution is 6.05. The third kappa shape index (κ3) is 4.53. The highest BCUT2D eigenvalue weighted by Gasteiger charge is 2.16. The molecule has 6 nitrogen and oxygen atoms in total. The van der Waals surface area contributed by atoms with E-state index in [0.717, 1.165) is 16.9 Å². The topological polar surface area (TPSA) is 77.3 Å². The minimum atomic E-state index is -0.286. The average Bonchev–Trinajstić information content (AvgIpc) is 3.10. The van der Waals surface area contributed by atoms with Crippen molar-refractivity contribution in [3.8, 4) is 17.0 Å². The molecular weight excluding hydrogens is 342 g/mol. The van der Waals surface area contributed by atoms with Gasteiger partial charge in [0.05, 0.1) is 6.61 Å². The molecule has 6 heteroatoms. The zero-order valence-electron chi connectivity index (χ0n) is 15.9. The summed E-state index contributed by atoms with van der Waals surface area (Å²) in [4.78, 5) is 12.5. The summed E-state index contributed by atoms with van der Waals surface area (Å²) in [5, 5.41) is 10.5. The highest BCUT2D eigenvalue weighted by Crippen LogP contribution is 2.26. The first-order valence-electron chi connectivity index (χ1n) is 8.88. The summed E-state index contributed by atoms with van der Waals surface area (Å²) in [6, 6.07) is 12.9. The Morgan fingerprint density at radius 1 is 1.07 bits per heavy atom. The van der Waals surface area contributed by atoms with Crippen molar-refractivity contribution in [1.29, 1.82) is 0 Å². The van der Waals surface area contributed by atoms with Gasteiger partial charge in [0.15, 0.2) is 5.69 Å². The van der Waals surface area contributed by atoms with E-state index in [2.05, 4.69) is 29.5 Å². The molecule has 0 atom stereocenters. The van der Waals surface area contributed by atoms with Crippen LogP contribution in [0.2, 0.25) is 0 Å². The Morgan fingerprint density at radius 2 is 1.81 bits per heavy atom. The van der Waals surface area contributed by atoms with Crippen LogP contribution >= 0.6 is 0 Å². The van der Waals surface area contributed by atoms with Gasteiger partial charge in [-0.25, -0.2) is 4.63 Å². The number of carbonyl (C=O) groups excluding carboxylic acids is 1. The predicted molar refractivity (Wildman–Crippen MR) is 104 cm³/mol. The monoisotopic (exact) mass is 365 g/mol. The molecule has 3 aromatic rings. The van der Waals surface area contributed by atoms with E-state index in [1.807, 2.05) is 32.0 Å². The molecule has 2 aromatic carbocycles. The molecule has 3 rings (SSSR count). The molecule has 0 radical (unpaired) electrons. The Balaban J connectivity index is 1.73. The molecule has 0 fully saturated rings. The van der Waals surface area contributed by atoms with Gasteiger partial charge in [-0.3, -0.25) is 4.79 Å². The molecule has 0 unspecified atom stereocenters. The van der Waals surface area contributed by atoms with Crippen LogP contribution in [0.15, 0.2) is 47.1 Å². The number of aryl methyl sites for hydroxylation is 2. The van der Waals surface area contributed by atoms with Crippen molar-refractivity contribution in [2.75, 3.05) is 11.9 Å². The fraction of sp³-hybridized carbons (Fsp3) is 0.286. The summed E-state index contributed by atoms with van der Waals surface area (Å²) >= 11 is 0. The number of hydrogen-bond acceptors (Lipinski definition) is 5. The smallest absolute Gasteiger partial charge is 0.256 e. The van der Waals surface area contributed by atoms with Crippen LogP contribution in [0.25, 0.3) is 11.3 Å². The predicted octanol–water partition coefficient (Wildman–Crippen LogP) is 4.64. The van der Waals surface area contributed by atoms with Crippen molar-refractivity contribution < 1.29 is 14.2 Å². The Kier molecular flexibility index (Phi) is 5.54. The van der Waals surface area contributed by atoms with Gasteiger partial charge >= 0.3 is 0 Å². The van der Waals surface area contributed by atoms with Crippen molar-refractivity contribution in [1.82, 2.24) is 10.3 Å². The van der Waals surface area contributed by atoms with Crippen LogP contribution in [0.1, 0.15) is 35.3 Å². The summed E-state index contributed by atoms with van der Waals surface area (Å²) in [5.41, 5.74) is 4.15. The number of benzene rings is 2. The van der Waals surface area contributed by atoms with Gasteiger partial charge in [-0.2, -0.15) is 0 Å². The van der Waals surface area contributed by atoms with E-state index in [0.29, 0.717) is 29.6 Å². The number of carbonyl (C=O) groups is 1. The Hall–Kier alpha value is -3.15. The number of rotatable bonds is 6. The number of nitrogens with one attached hydrogen (secondary N) is 1. The minimum absolute atomic E-state index is 0.286. The maximum absolute atomic E-state index is 12.5. The summed E-state index contributed by atoms with van der Waals surface area (Å²) in [5.74, 6) is 1.19. The molecule has 0 aliphatic rings. The maximum atomic E-state index is 12.5. The Morgan fingerprint density at radius 3 is 2.48 bits per heavy atom. The molecule has 0 spiro atoms. The number of anilines is 1. The number of amides is 1. The molecule has 1 amide bonds. The molecule has 1 N–H and O–H groups in total. The molecule has 1 aromatic heterocycles. The van der Waals surface area contributed by atoms with E-state index in [1.165, 1.54) is 5.56 Å². The van der Waals surface area contributed by atoms with Gasteiger partial charge in [-0.15, -0.1) is 0 Å². The van der Waals surface area contributed by atoms with Gasteiger partial charge in [-0.05, 0) is 71.5 Å². The van der Waals surface area contributed by atoms with Crippen LogP contribution in [0.4, 0.5) is 5.82 Å². The second-order valence-electron chi connectivity index (χ2n) is 6.94. The minimum Gasteiger partial charge on any atom is -0.493 e. The van der Waals surface area contributed by atoms with Crippen LogP contribution in [0.5, 0.6) is 5.75 Å². The largest absolute Gasteiger partial charge is 0.493 e. The van der Waals surface area contributed by atoms with Gasteiger partial charge in [0, 0.05) is 11.1 Å². The summed E-state index contributed by atoms with van der Waals surface area (Å²) in [7, 11) is 0. The number of ether oxygens (including phenoxy) is 1. The van der Waals surface area contributed by atoms with Crippen molar-refractivity contribution in [3.05, 3.63) is 59.2 Å². The van der Waals surface area contributed by atoms with E-state index in [9.17, 15) is 4.79 Å². The van der Waals surface area contributed by atoms with Gasteiger partial charge < -0.3 is 10.1 Å². The van der Waals surface area contributed by atoms with E-state index < -0.39 is 0 Å². The molecule has 27 heavy (non-hydrogen) atoms. The Labute approximate surface area is 158 Å². The van der Waals surface area contributed by atoms with E-state index >= 15 is 0 Å². The molecule has 0 saturated carbocycles. The number of nitrogens with zero attached hydrogens (tertiary/aromatic N) is 2. The molecule has 0 aliphatic heterocycles. The molecule has 0 saturated heterocycles. The zero-order chi connectivity index (χ0) is 19.4. The third-order valence-corrected chi connectivity index (χ3v) is 4.20. The molecule has 140 valence electrons. The molecule has 0 aliphatic carbocycles. The van der Waals surface area contributed by atoms with Crippen molar-refractivity contribution in [2.45, 2.75) is 27.7 Å². The standard InChI is InChI=1S/C21H23N3O3/c1-13(2)12-26-18-9-7-16(8-10-18)21(25)22-20-19(23-27-24-20)17-6-5-14(3)15(4)11-17/h5-11,13H,12H2,1-4H3,(H,22,24,25). The first kappa shape index (κ1) is 18.6. The Bertz CT molecular complexity index is 930. The van der Waals surface area contributed by atoms with Crippen LogP contribution in [0.3, 0.4) is 0 Å². The zero-order valence-corrected chi connectivity index (χ0v) is 15.9.